The van der Waals surface area contributed by atoms with Crippen LogP contribution >= 0.6 is 23.5 Å². The Morgan fingerprint density at radius 3 is 2.48 bits per heavy atom. The molecule has 0 unspecified atom stereocenters. The molecule has 5 nitrogen and oxygen atoms in total. The maximum absolute atomic E-state index is 12.8. The summed E-state index contributed by atoms with van der Waals surface area (Å²) in [7, 11) is 0. The van der Waals surface area contributed by atoms with Crippen LogP contribution in [-0.2, 0) is 9.59 Å². The standard InChI is InChI=1S/C22H27N3O2S2/c1-14-5-4-6-15(2)25(14)21(27)13-29-22-19(12-23)18(11-20(26)24-22)16-7-9-17(28-3)10-8-16/h7-10,14-15,18H,4-6,11,13H2,1-3H3,(H,24,26)/t14-,15-,18+/m1/s1. The van der Waals surface area contributed by atoms with Crippen molar-refractivity contribution in [3.05, 3.63) is 40.4 Å². The Kier molecular flexibility index (Phi) is 7.31. The number of thioether (sulfide) groups is 2. The van der Waals surface area contributed by atoms with Crippen molar-refractivity contribution in [2.24, 2.45) is 0 Å². The Labute approximate surface area is 181 Å². The number of amides is 2. The van der Waals surface area contributed by atoms with Crippen LogP contribution in [0, 0.1) is 11.3 Å². The Hall–Kier alpha value is -1.91. The van der Waals surface area contributed by atoms with Gasteiger partial charge in [-0.15, -0.1) is 11.8 Å². The molecule has 0 spiro atoms. The predicted molar refractivity (Wildman–Crippen MR) is 118 cm³/mol. The fraction of sp³-hybridized carbons (Fsp3) is 0.500. The van der Waals surface area contributed by atoms with Gasteiger partial charge >= 0.3 is 0 Å². The first-order valence-electron chi connectivity index (χ1n) is 9.96. The first kappa shape index (κ1) is 21.8. The molecule has 0 saturated carbocycles. The highest BCUT2D eigenvalue weighted by molar-refractivity contribution is 8.03. The van der Waals surface area contributed by atoms with Gasteiger partial charge in [0.25, 0.3) is 0 Å². The van der Waals surface area contributed by atoms with Crippen LogP contribution in [0.1, 0.15) is 51.0 Å². The fourth-order valence-corrected chi connectivity index (χ4v) is 5.53. The second kappa shape index (κ2) is 9.73. The summed E-state index contributed by atoms with van der Waals surface area (Å²) < 4.78 is 0. The molecule has 3 atom stereocenters. The SMILES string of the molecule is CSc1ccc([C@@H]2CC(=O)NC(SCC(=O)N3[C@H](C)CCC[C@H]3C)=C2C#N)cc1. The Morgan fingerprint density at radius 2 is 1.90 bits per heavy atom. The highest BCUT2D eigenvalue weighted by Crippen LogP contribution is 2.36. The average Bonchev–Trinajstić information content (AvgIpc) is 2.71. The highest BCUT2D eigenvalue weighted by Gasteiger charge is 2.32. The molecule has 1 fully saturated rings. The van der Waals surface area contributed by atoms with Crippen molar-refractivity contribution in [3.63, 3.8) is 0 Å². The summed E-state index contributed by atoms with van der Waals surface area (Å²) in [6, 6.07) is 10.7. The van der Waals surface area contributed by atoms with Crippen LogP contribution in [-0.4, -0.2) is 40.8 Å². The van der Waals surface area contributed by atoms with Crippen molar-refractivity contribution >= 4 is 35.3 Å². The van der Waals surface area contributed by atoms with Gasteiger partial charge in [-0.2, -0.15) is 5.26 Å². The van der Waals surface area contributed by atoms with E-state index in [1.54, 1.807) is 11.8 Å². The number of nitriles is 1. The number of rotatable bonds is 5. The van der Waals surface area contributed by atoms with Crippen LogP contribution in [0.2, 0.25) is 0 Å². The monoisotopic (exact) mass is 429 g/mol. The van der Waals surface area contributed by atoms with E-state index in [4.69, 9.17) is 0 Å². The Morgan fingerprint density at radius 1 is 1.24 bits per heavy atom. The summed E-state index contributed by atoms with van der Waals surface area (Å²) in [6.45, 7) is 4.18. The second-order valence-electron chi connectivity index (χ2n) is 7.65. The van der Waals surface area contributed by atoms with Crippen molar-refractivity contribution in [1.29, 1.82) is 5.26 Å². The molecule has 0 aliphatic carbocycles. The molecular weight excluding hydrogens is 402 g/mol. The molecule has 2 amide bonds. The number of carbonyl (C=O) groups excluding carboxylic acids is 2. The smallest absolute Gasteiger partial charge is 0.233 e. The van der Waals surface area contributed by atoms with Gasteiger partial charge in [-0.05, 0) is 57.1 Å². The lowest BCUT2D eigenvalue weighted by Crippen LogP contribution is -2.48. The van der Waals surface area contributed by atoms with Gasteiger partial charge in [-0.25, -0.2) is 0 Å². The lowest BCUT2D eigenvalue weighted by Gasteiger charge is -2.39. The summed E-state index contributed by atoms with van der Waals surface area (Å²) >= 11 is 2.93. The van der Waals surface area contributed by atoms with E-state index >= 15 is 0 Å². The van der Waals surface area contributed by atoms with E-state index in [9.17, 15) is 14.9 Å². The van der Waals surface area contributed by atoms with E-state index in [0.29, 0.717) is 10.6 Å². The third-order valence-electron chi connectivity index (χ3n) is 5.70. The fourth-order valence-electron chi connectivity index (χ4n) is 4.18. The molecule has 29 heavy (non-hydrogen) atoms. The minimum atomic E-state index is -0.268. The molecule has 3 rings (SSSR count). The summed E-state index contributed by atoms with van der Waals surface area (Å²) in [4.78, 5) is 28.3. The van der Waals surface area contributed by atoms with Crippen molar-refractivity contribution < 1.29 is 9.59 Å². The summed E-state index contributed by atoms with van der Waals surface area (Å²) in [5.74, 6) is -0.0824. The minimum absolute atomic E-state index is 0.0696. The summed E-state index contributed by atoms with van der Waals surface area (Å²) in [5.41, 5.74) is 1.50. The summed E-state index contributed by atoms with van der Waals surface area (Å²) in [6.07, 6.45) is 5.46. The molecule has 1 saturated heterocycles. The number of piperidine rings is 1. The summed E-state index contributed by atoms with van der Waals surface area (Å²) in [5, 5.41) is 13.2. The van der Waals surface area contributed by atoms with Crippen LogP contribution < -0.4 is 5.32 Å². The largest absolute Gasteiger partial charge is 0.337 e. The van der Waals surface area contributed by atoms with Crippen LogP contribution in [0.5, 0.6) is 0 Å². The van der Waals surface area contributed by atoms with Crippen molar-refractivity contribution in [2.45, 2.75) is 62.4 Å². The van der Waals surface area contributed by atoms with Gasteiger partial charge in [0.05, 0.1) is 22.4 Å². The van der Waals surface area contributed by atoms with E-state index in [0.717, 1.165) is 29.7 Å². The van der Waals surface area contributed by atoms with Gasteiger partial charge < -0.3 is 10.2 Å². The Balaban J connectivity index is 1.78. The highest BCUT2D eigenvalue weighted by atomic mass is 32.2. The van der Waals surface area contributed by atoms with E-state index in [-0.39, 0.29) is 42.0 Å². The molecule has 0 bridgehead atoms. The number of allylic oxidation sites excluding steroid dienone is 1. The number of hydrogen-bond acceptors (Lipinski definition) is 5. The zero-order chi connectivity index (χ0) is 21.0. The van der Waals surface area contributed by atoms with Gasteiger partial charge in [0.15, 0.2) is 0 Å². The van der Waals surface area contributed by atoms with Crippen LogP contribution in [0.25, 0.3) is 0 Å². The van der Waals surface area contributed by atoms with Gasteiger partial charge in [0.2, 0.25) is 11.8 Å². The third kappa shape index (κ3) is 4.99. The topological polar surface area (TPSA) is 73.2 Å². The number of nitrogens with one attached hydrogen (secondary N) is 1. The van der Waals surface area contributed by atoms with Crippen LogP contribution in [0.3, 0.4) is 0 Å². The lowest BCUT2D eigenvalue weighted by atomic mass is 9.87. The first-order chi connectivity index (χ1) is 13.9. The van der Waals surface area contributed by atoms with Gasteiger partial charge in [-0.1, -0.05) is 23.9 Å². The minimum Gasteiger partial charge on any atom is -0.337 e. The van der Waals surface area contributed by atoms with E-state index in [1.807, 2.05) is 35.4 Å². The molecular formula is C22H27N3O2S2. The molecule has 0 radical (unpaired) electrons. The van der Waals surface area contributed by atoms with Crippen LogP contribution in [0.15, 0.2) is 39.8 Å². The zero-order valence-electron chi connectivity index (χ0n) is 17.1. The molecule has 1 N–H and O–H groups in total. The predicted octanol–water partition coefficient (Wildman–Crippen LogP) is 4.27. The Bertz CT molecular complexity index is 835. The average molecular weight is 430 g/mol. The molecule has 0 aromatic heterocycles. The zero-order valence-corrected chi connectivity index (χ0v) is 18.7. The first-order valence-corrected chi connectivity index (χ1v) is 12.2. The van der Waals surface area contributed by atoms with Crippen molar-refractivity contribution in [2.75, 3.05) is 12.0 Å². The second-order valence-corrected chi connectivity index (χ2v) is 9.52. The molecule has 2 aliphatic heterocycles. The normalized spacial score (nSPS) is 24.8. The molecule has 1 aromatic rings. The molecule has 2 heterocycles. The maximum Gasteiger partial charge on any atom is 0.233 e. The quantitative estimate of drug-likeness (QED) is 0.708. The lowest BCUT2D eigenvalue weighted by molar-refractivity contribution is -0.134. The van der Waals surface area contributed by atoms with Gasteiger partial charge in [0.1, 0.15) is 0 Å². The van der Waals surface area contributed by atoms with Crippen molar-refractivity contribution in [1.82, 2.24) is 10.2 Å². The molecule has 154 valence electrons. The molecule has 2 aliphatic rings. The van der Waals surface area contributed by atoms with Gasteiger partial charge in [0, 0.05) is 29.3 Å². The number of carbonyl (C=O) groups is 2. The number of hydrogen-bond donors (Lipinski definition) is 1. The van der Waals surface area contributed by atoms with E-state index < -0.39 is 0 Å². The van der Waals surface area contributed by atoms with Gasteiger partial charge in [-0.3, -0.25) is 9.59 Å². The van der Waals surface area contributed by atoms with Crippen LogP contribution in [0.4, 0.5) is 0 Å². The van der Waals surface area contributed by atoms with E-state index in [2.05, 4.69) is 25.2 Å². The number of benzene rings is 1. The van der Waals surface area contributed by atoms with E-state index in [1.165, 1.54) is 11.8 Å². The third-order valence-corrected chi connectivity index (χ3v) is 7.44. The molecule has 1 aromatic carbocycles. The number of likely N-dealkylation sites (tertiary alicyclic amines) is 1. The number of nitrogens with zero attached hydrogens (tertiary/aromatic N) is 2. The van der Waals surface area contributed by atoms with Crippen molar-refractivity contribution in [3.8, 4) is 6.07 Å². The maximum atomic E-state index is 12.8. The molecule has 7 heteroatoms.